The number of carbonyl (C=O) groups is 3. The van der Waals surface area contributed by atoms with E-state index in [9.17, 15) is 14.4 Å². The van der Waals surface area contributed by atoms with Gasteiger partial charge in [0.2, 0.25) is 5.91 Å². The molecule has 1 fully saturated rings. The molecular weight excluding hydrogens is 418 g/mol. The van der Waals surface area contributed by atoms with Crippen molar-refractivity contribution in [1.82, 2.24) is 20.2 Å². The molecule has 0 saturated carbocycles. The molecule has 0 radical (unpaired) electrons. The second kappa shape index (κ2) is 8.92. The molecule has 1 atom stereocenters. The number of benzene rings is 1. The molecule has 10 heteroatoms. The molecule has 9 nitrogen and oxygen atoms in total. The fraction of sp³-hybridized carbons (Fsp3) is 0.190. The third-order valence-corrected chi connectivity index (χ3v) is 5.46. The minimum absolute atomic E-state index is 0.119. The fourth-order valence-electron chi connectivity index (χ4n) is 3.11. The highest BCUT2D eigenvalue weighted by atomic mass is 32.1. The first-order valence-corrected chi connectivity index (χ1v) is 10.3. The molecule has 158 valence electrons. The van der Waals surface area contributed by atoms with E-state index in [1.54, 1.807) is 49.8 Å². The van der Waals surface area contributed by atoms with Gasteiger partial charge in [-0.05, 0) is 29.8 Å². The number of nitrogens with one attached hydrogen (secondary N) is 2. The number of pyridine rings is 1. The van der Waals surface area contributed by atoms with Gasteiger partial charge in [0.05, 0.1) is 25.8 Å². The number of rotatable bonds is 7. The summed E-state index contributed by atoms with van der Waals surface area (Å²) in [6, 6.07) is 9.31. The number of urea groups is 1. The SMILES string of the molecule is COc1ccc(CN2C(=O)N[C@H](CC(=O)Nc3nc(-c4cccnc4)cs3)C2=O)cc1. The van der Waals surface area contributed by atoms with Crippen LogP contribution in [0.1, 0.15) is 12.0 Å². The van der Waals surface area contributed by atoms with Gasteiger partial charge in [-0.3, -0.25) is 19.5 Å². The monoisotopic (exact) mass is 437 g/mol. The van der Waals surface area contributed by atoms with Crippen molar-refractivity contribution in [2.75, 3.05) is 12.4 Å². The van der Waals surface area contributed by atoms with Crippen LogP contribution in [-0.2, 0) is 16.1 Å². The van der Waals surface area contributed by atoms with Gasteiger partial charge in [-0.15, -0.1) is 11.3 Å². The van der Waals surface area contributed by atoms with E-state index >= 15 is 0 Å². The number of anilines is 1. The van der Waals surface area contributed by atoms with Gasteiger partial charge in [0.25, 0.3) is 5.91 Å². The van der Waals surface area contributed by atoms with Crippen molar-refractivity contribution in [3.8, 4) is 17.0 Å². The summed E-state index contributed by atoms with van der Waals surface area (Å²) in [4.78, 5) is 46.8. The Hall–Kier alpha value is -3.79. The molecule has 4 amide bonds. The summed E-state index contributed by atoms with van der Waals surface area (Å²) in [6.07, 6.45) is 3.18. The Bertz CT molecular complexity index is 1100. The van der Waals surface area contributed by atoms with Crippen molar-refractivity contribution in [3.05, 3.63) is 59.7 Å². The molecule has 0 aliphatic carbocycles. The van der Waals surface area contributed by atoms with Crippen molar-refractivity contribution in [2.24, 2.45) is 0 Å². The standard InChI is InChI=1S/C21H19N5O4S/c1-30-15-6-4-13(5-7-15)11-26-19(28)16(24-21(26)29)9-18(27)25-20-23-17(12-31-20)14-3-2-8-22-10-14/h2-8,10,12,16H,9,11H2,1H3,(H,24,29)(H,23,25,27)/t16-/m1/s1. The first kappa shape index (κ1) is 20.5. The maximum atomic E-state index is 12.6. The predicted molar refractivity (Wildman–Crippen MR) is 114 cm³/mol. The van der Waals surface area contributed by atoms with Crippen molar-refractivity contribution < 1.29 is 19.1 Å². The van der Waals surface area contributed by atoms with Crippen LogP contribution in [0, 0.1) is 0 Å². The van der Waals surface area contributed by atoms with Crippen LogP contribution in [0.3, 0.4) is 0 Å². The lowest BCUT2D eigenvalue weighted by Gasteiger charge is -2.13. The van der Waals surface area contributed by atoms with Crippen molar-refractivity contribution in [1.29, 1.82) is 0 Å². The number of imide groups is 1. The second-order valence-electron chi connectivity index (χ2n) is 6.81. The normalized spacial score (nSPS) is 15.6. The van der Waals surface area contributed by atoms with E-state index in [-0.39, 0.29) is 13.0 Å². The first-order valence-electron chi connectivity index (χ1n) is 9.44. The minimum atomic E-state index is -0.913. The second-order valence-corrected chi connectivity index (χ2v) is 7.66. The van der Waals surface area contributed by atoms with Crippen molar-refractivity contribution in [3.63, 3.8) is 0 Å². The number of hydrogen-bond donors (Lipinski definition) is 2. The highest BCUT2D eigenvalue weighted by Crippen LogP contribution is 2.24. The Balaban J connectivity index is 1.35. The number of amides is 4. The van der Waals surface area contributed by atoms with Crippen LogP contribution in [-0.4, -0.2) is 45.9 Å². The molecule has 0 bridgehead atoms. The quantitative estimate of drug-likeness (QED) is 0.550. The van der Waals surface area contributed by atoms with Crippen LogP contribution >= 0.6 is 11.3 Å². The highest BCUT2D eigenvalue weighted by Gasteiger charge is 2.39. The zero-order valence-corrected chi connectivity index (χ0v) is 17.4. The smallest absolute Gasteiger partial charge is 0.325 e. The van der Waals surface area contributed by atoms with Gasteiger partial charge in [0, 0.05) is 23.3 Å². The Morgan fingerprint density at radius 3 is 2.77 bits per heavy atom. The minimum Gasteiger partial charge on any atom is -0.497 e. The van der Waals surface area contributed by atoms with E-state index in [4.69, 9.17) is 4.74 Å². The number of methoxy groups -OCH3 is 1. The molecule has 1 aliphatic rings. The van der Waals surface area contributed by atoms with Gasteiger partial charge in [-0.1, -0.05) is 12.1 Å². The summed E-state index contributed by atoms with van der Waals surface area (Å²) in [7, 11) is 1.56. The Kier molecular flexibility index (Phi) is 5.89. The van der Waals surface area contributed by atoms with Crippen LogP contribution in [0.2, 0.25) is 0 Å². The number of aromatic nitrogens is 2. The van der Waals surface area contributed by atoms with E-state index in [1.165, 1.54) is 11.3 Å². The molecule has 1 aromatic carbocycles. The van der Waals surface area contributed by atoms with Gasteiger partial charge >= 0.3 is 6.03 Å². The summed E-state index contributed by atoms with van der Waals surface area (Å²) >= 11 is 1.27. The van der Waals surface area contributed by atoms with Crippen LogP contribution < -0.4 is 15.4 Å². The third-order valence-electron chi connectivity index (χ3n) is 4.70. The zero-order valence-electron chi connectivity index (χ0n) is 16.6. The lowest BCUT2D eigenvalue weighted by molar-refractivity contribution is -0.130. The number of ether oxygens (including phenoxy) is 1. The predicted octanol–water partition coefficient (Wildman–Crippen LogP) is 2.66. The molecule has 3 aromatic rings. The molecule has 2 N–H and O–H groups in total. The third kappa shape index (κ3) is 4.69. The lowest BCUT2D eigenvalue weighted by atomic mass is 10.1. The first-order chi connectivity index (χ1) is 15.0. The van der Waals surface area contributed by atoms with E-state index in [0.717, 1.165) is 16.0 Å². The highest BCUT2D eigenvalue weighted by molar-refractivity contribution is 7.14. The van der Waals surface area contributed by atoms with Gasteiger partial charge in [0.1, 0.15) is 11.8 Å². The summed E-state index contributed by atoms with van der Waals surface area (Å²) in [5.74, 6) is -0.160. The van der Waals surface area contributed by atoms with Crippen LogP contribution in [0.15, 0.2) is 54.2 Å². The van der Waals surface area contributed by atoms with Gasteiger partial charge in [-0.2, -0.15) is 0 Å². The van der Waals surface area contributed by atoms with Crippen LogP contribution in [0.25, 0.3) is 11.3 Å². The average Bonchev–Trinajstić information content (AvgIpc) is 3.35. The largest absolute Gasteiger partial charge is 0.497 e. The Morgan fingerprint density at radius 1 is 1.26 bits per heavy atom. The topological polar surface area (TPSA) is 114 Å². The molecule has 1 saturated heterocycles. The van der Waals surface area contributed by atoms with E-state index < -0.39 is 23.9 Å². The van der Waals surface area contributed by atoms with Gasteiger partial charge in [-0.25, -0.2) is 9.78 Å². The molecule has 3 heterocycles. The molecule has 4 rings (SSSR count). The molecule has 0 unspecified atom stereocenters. The number of carbonyl (C=O) groups excluding carboxylic acids is 3. The van der Waals surface area contributed by atoms with Crippen molar-refractivity contribution >= 4 is 34.3 Å². The van der Waals surface area contributed by atoms with Crippen LogP contribution in [0.5, 0.6) is 5.75 Å². The van der Waals surface area contributed by atoms with E-state index in [2.05, 4.69) is 20.6 Å². The maximum absolute atomic E-state index is 12.6. The van der Waals surface area contributed by atoms with Crippen LogP contribution in [0.4, 0.5) is 9.93 Å². The zero-order chi connectivity index (χ0) is 21.8. The van der Waals surface area contributed by atoms with Gasteiger partial charge < -0.3 is 15.4 Å². The Morgan fingerprint density at radius 2 is 2.06 bits per heavy atom. The van der Waals surface area contributed by atoms with E-state index in [0.29, 0.717) is 16.6 Å². The number of nitrogens with zero attached hydrogens (tertiary/aromatic N) is 3. The summed E-state index contributed by atoms with van der Waals surface area (Å²) in [5.41, 5.74) is 2.32. The molecular formula is C21H19N5O4S. The summed E-state index contributed by atoms with van der Waals surface area (Å²) in [5, 5.41) is 7.48. The van der Waals surface area contributed by atoms with Gasteiger partial charge in [0.15, 0.2) is 5.13 Å². The molecule has 2 aromatic heterocycles. The van der Waals surface area contributed by atoms with Crippen molar-refractivity contribution in [2.45, 2.75) is 19.0 Å². The maximum Gasteiger partial charge on any atom is 0.325 e. The fourth-order valence-corrected chi connectivity index (χ4v) is 3.85. The lowest BCUT2D eigenvalue weighted by Crippen LogP contribution is -2.34. The molecule has 0 spiro atoms. The summed E-state index contributed by atoms with van der Waals surface area (Å²) < 4.78 is 5.11. The summed E-state index contributed by atoms with van der Waals surface area (Å²) in [6.45, 7) is 0.119. The number of thiazole rings is 1. The Labute approximate surface area is 182 Å². The van der Waals surface area contributed by atoms with E-state index in [1.807, 2.05) is 11.4 Å². The molecule has 31 heavy (non-hydrogen) atoms. The average molecular weight is 437 g/mol. The number of hydrogen-bond acceptors (Lipinski definition) is 7. The molecule has 1 aliphatic heterocycles.